The van der Waals surface area contributed by atoms with Gasteiger partial charge in [-0.15, -0.1) is 0 Å². The maximum absolute atomic E-state index is 10.5. The molecule has 0 saturated heterocycles. The lowest BCUT2D eigenvalue weighted by Gasteiger charge is -2.14. The fourth-order valence-electron chi connectivity index (χ4n) is 7.43. The largest absolute Gasteiger partial charge is 0.456 e. The van der Waals surface area contributed by atoms with E-state index in [1.807, 2.05) is 42.5 Å². The van der Waals surface area contributed by atoms with Crippen LogP contribution in [-0.4, -0.2) is 19.5 Å². The van der Waals surface area contributed by atoms with E-state index >= 15 is 0 Å². The molecule has 0 aliphatic rings. The Morgan fingerprint density at radius 1 is 0.431 bits per heavy atom. The van der Waals surface area contributed by atoms with E-state index in [1.165, 1.54) is 0 Å². The van der Waals surface area contributed by atoms with Crippen molar-refractivity contribution in [2.75, 3.05) is 0 Å². The van der Waals surface area contributed by atoms with Gasteiger partial charge in [-0.2, -0.15) is 0 Å². The Labute approximate surface area is 357 Å². The maximum Gasteiger partial charge on any atom is 0.164 e. The Hall–Kier alpha value is -7.89. The molecule has 0 spiro atoms. The van der Waals surface area contributed by atoms with Crippen molar-refractivity contribution in [1.29, 1.82) is 0 Å². The number of fused-ring (bicyclic) bond motifs is 9. The molecule has 9 aromatic carbocycles. The van der Waals surface area contributed by atoms with Gasteiger partial charge in [0.2, 0.25) is 0 Å². The number of rotatable bonds is 5. The van der Waals surface area contributed by atoms with Crippen molar-refractivity contribution < 1.29 is 27.7 Å². The van der Waals surface area contributed by atoms with Gasteiger partial charge < -0.3 is 8.98 Å². The van der Waals surface area contributed by atoms with Crippen LogP contribution in [0, 0.1) is 0 Å². The van der Waals surface area contributed by atoms with Gasteiger partial charge in [0.25, 0.3) is 0 Å². The number of hydrogen-bond donors (Lipinski definition) is 0. The van der Waals surface area contributed by atoms with Crippen LogP contribution in [0.15, 0.2) is 198 Å². The Morgan fingerprint density at radius 2 is 1.05 bits per heavy atom. The first-order chi connectivity index (χ1) is 35.8. The SMILES string of the molecule is [2H]c1cc2c(c([2H])c1[2H])c([2H])c([2H])c1c3c([2H])c4c([2H])c([2H])c([2H])c([2H])c4c([2H])c3n(-c3c([2H])c(-c4nc(-c5ccccc5)nc(-c5ccc(-c6ccccc6)cc5)n4)c4c(oc5c([2H])c([2H])c([2H])c([2H])c54)c3[2H])c21. The summed E-state index contributed by atoms with van der Waals surface area (Å²) in [6, 6.07) is 16.1. The molecule has 0 aliphatic carbocycles. The molecular weight excluding hydrogens is 709 g/mol. The summed E-state index contributed by atoms with van der Waals surface area (Å²) in [5, 5.41) is -2.27. The zero-order valence-corrected chi connectivity index (χ0v) is 29.9. The summed E-state index contributed by atoms with van der Waals surface area (Å²) in [5.74, 6) is -0.0339. The number of hydrogen-bond acceptors (Lipinski definition) is 4. The lowest BCUT2D eigenvalue weighted by Crippen LogP contribution is -2.02. The highest BCUT2D eigenvalue weighted by atomic mass is 16.3. The summed E-state index contributed by atoms with van der Waals surface area (Å²) in [4.78, 5) is 14.8. The molecule has 3 heterocycles. The molecule has 270 valence electrons. The molecule has 3 aromatic heterocycles. The highest BCUT2D eigenvalue weighted by Crippen LogP contribution is 2.43. The third-order valence-electron chi connectivity index (χ3n) is 10.1. The Balaban J connectivity index is 1.32. The van der Waals surface area contributed by atoms with Crippen LogP contribution in [-0.2, 0) is 0 Å². The molecule has 58 heavy (non-hydrogen) atoms. The predicted molar refractivity (Wildman–Crippen MR) is 238 cm³/mol. The van der Waals surface area contributed by atoms with Crippen LogP contribution in [0.1, 0.15) is 23.3 Å². The summed E-state index contributed by atoms with van der Waals surface area (Å²) in [5.41, 5.74) is 0.645. The smallest absolute Gasteiger partial charge is 0.164 e. The van der Waals surface area contributed by atoms with Crippen molar-refractivity contribution in [2.24, 2.45) is 0 Å². The molecule has 0 saturated carbocycles. The van der Waals surface area contributed by atoms with Crippen LogP contribution < -0.4 is 0 Å². The molecule has 0 bridgehead atoms. The van der Waals surface area contributed by atoms with Gasteiger partial charge in [0.05, 0.1) is 40.0 Å². The van der Waals surface area contributed by atoms with Crippen LogP contribution in [0.2, 0.25) is 0 Å². The van der Waals surface area contributed by atoms with Gasteiger partial charge in [-0.3, -0.25) is 0 Å². The number of furan rings is 1. The highest BCUT2D eigenvalue weighted by Gasteiger charge is 2.22. The second-order valence-electron chi connectivity index (χ2n) is 13.5. The summed E-state index contributed by atoms with van der Waals surface area (Å²) in [6.07, 6.45) is 0. The molecule has 0 atom stereocenters. The van der Waals surface area contributed by atoms with E-state index in [-0.39, 0.29) is 66.4 Å². The average molecular weight is 758 g/mol. The highest BCUT2D eigenvalue weighted by molar-refractivity contribution is 6.21. The molecule has 0 amide bonds. The van der Waals surface area contributed by atoms with Gasteiger partial charge in [0.15, 0.2) is 17.5 Å². The van der Waals surface area contributed by atoms with E-state index in [0.717, 1.165) is 21.8 Å². The van der Waals surface area contributed by atoms with E-state index in [0.29, 0.717) is 11.1 Å². The summed E-state index contributed by atoms with van der Waals surface area (Å²) in [6.45, 7) is 0. The summed E-state index contributed by atoms with van der Waals surface area (Å²) < 4.78 is 164. The minimum Gasteiger partial charge on any atom is -0.456 e. The van der Waals surface area contributed by atoms with Crippen molar-refractivity contribution in [3.63, 3.8) is 0 Å². The third-order valence-corrected chi connectivity index (χ3v) is 10.1. The molecule has 5 heteroatoms. The van der Waals surface area contributed by atoms with Crippen LogP contribution in [0.3, 0.4) is 0 Å². The second kappa shape index (κ2) is 12.8. The lowest BCUT2D eigenvalue weighted by molar-refractivity contribution is 0.668. The number of aromatic nitrogens is 4. The molecule has 0 N–H and O–H groups in total. The van der Waals surface area contributed by atoms with Crippen LogP contribution in [0.25, 0.3) is 116 Å². The number of para-hydroxylation sites is 1. The zero-order chi connectivity index (χ0) is 53.0. The van der Waals surface area contributed by atoms with Crippen molar-refractivity contribution in [3.05, 3.63) is 194 Å². The van der Waals surface area contributed by atoms with Crippen molar-refractivity contribution >= 4 is 65.3 Å². The van der Waals surface area contributed by atoms with Gasteiger partial charge in [-0.1, -0.05) is 164 Å². The second-order valence-corrected chi connectivity index (χ2v) is 13.5. The Morgan fingerprint density at radius 3 is 1.84 bits per heavy atom. The van der Waals surface area contributed by atoms with Crippen LogP contribution >= 0.6 is 0 Å². The standard InChI is InChI=1S/C53H32N4O/c1-3-13-33(14-4-1)34-23-25-37(26-24-34)52-54-51(36-16-5-2-6-17-36)55-53(56-52)45-31-40(32-48-49(45)43-21-11-12-22-47(43)58-48)57-46-30-39-19-8-7-18-38(39)29-44(46)42-28-27-35-15-9-10-20-41(35)50(42)57/h1-32H/i7D,8D,9D,10D,11D,12D,15D,18D,19D,21D,22D,27D,28D,29D,30D,31D,32D. The van der Waals surface area contributed by atoms with Crippen LogP contribution in [0.4, 0.5) is 0 Å². The minimum atomic E-state index is -0.731. The van der Waals surface area contributed by atoms with Gasteiger partial charge >= 0.3 is 0 Å². The number of benzene rings is 9. The Kier molecular flexibility index (Phi) is 4.38. The first kappa shape index (κ1) is 19.8. The number of nitrogens with zero attached hydrogens (tertiary/aromatic N) is 4. The van der Waals surface area contributed by atoms with Gasteiger partial charge in [0.1, 0.15) is 11.2 Å². The van der Waals surface area contributed by atoms with E-state index in [4.69, 9.17) is 33.1 Å². The van der Waals surface area contributed by atoms with E-state index in [2.05, 4.69) is 0 Å². The maximum atomic E-state index is 10.5. The summed E-state index contributed by atoms with van der Waals surface area (Å²) in [7, 11) is 0. The fourth-order valence-corrected chi connectivity index (χ4v) is 7.43. The molecular formula is C53H32N4O. The predicted octanol–water partition coefficient (Wildman–Crippen LogP) is 13.8. The van der Waals surface area contributed by atoms with Crippen molar-refractivity contribution in [1.82, 2.24) is 19.5 Å². The molecule has 0 aliphatic heterocycles. The first-order valence-corrected chi connectivity index (χ1v) is 18.1. The van der Waals surface area contributed by atoms with Gasteiger partial charge in [0, 0.05) is 49.7 Å². The third kappa shape index (κ3) is 5.14. The average Bonchev–Trinajstić information content (AvgIpc) is 4.19. The fraction of sp³-hybridized carbons (Fsp3) is 0. The molecule has 0 unspecified atom stereocenters. The minimum absolute atomic E-state index is 0.104. The Bertz CT molecular complexity index is 4550. The molecule has 5 nitrogen and oxygen atoms in total. The molecule has 0 radical (unpaired) electrons. The first-order valence-electron chi connectivity index (χ1n) is 26.6. The quantitative estimate of drug-likeness (QED) is 0.175. The topological polar surface area (TPSA) is 56.7 Å². The van der Waals surface area contributed by atoms with E-state index in [9.17, 15) is 9.60 Å². The monoisotopic (exact) mass is 757 g/mol. The molecule has 12 aromatic rings. The van der Waals surface area contributed by atoms with Gasteiger partial charge in [-0.25, -0.2) is 15.0 Å². The van der Waals surface area contributed by atoms with Crippen LogP contribution in [0.5, 0.6) is 0 Å². The van der Waals surface area contributed by atoms with Gasteiger partial charge in [-0.05, 0) is 51.5 Å². The lowest BCUT2D eigenvalue weighted by atomic mass is 10.0. The van der Waals surface area contributed by atoms with E-state index in [1.54, 1.807) is 42.5 Å². The summed E-state index contributed by atoms with van der Waals surface area (Å²) >= 11 is 0. The normalized spacial score (nSPS) is 15.9. The van der Waals surface area contributed by atoms with Crippen molar-refractivity contribution in [3.8, 4) is 51.0 Å². The van der Waals surface area contributed by atoms with E-state index < -0.39 is 130 Å². The zero-order valence-electron chi connectivity index (χ0n) is 46.9. The van der Waals surface area contributed by atoms with Crippen molar-refractivity contribution in [2.45, 2.75) is 0 Å². The molecule has 0 fully saturated rings. The molecule has 12 rings (SSSR count).